The highest BCUT2D eigenvalue weighted by molar-refractivity contribution is 7.13. The number of anilines is 2. The van der Waals surface area contributed by atoms with Crippen LogP contribution >= 0.6 is 11.3 Å². The molecule has 29 heavy (non-hydrogen) atoms. The van der Waals surface area contributed by atoms with Crippen molar-refractivity contribution in [3.8, 4) is 0 Å². The molecule has 0 radical (unpaired) electrons. The number of halogens is 3. The van der Waals surface area contributed by atoms with Crippen molar-refractivity contribution in [3.05, 3.63) is 76.8 Å². The van der Waals surface area contributed by atoms with Gasteiger partial charge in [-0.2, -0.15) is 13.2 Å². The van der Waals surface area contributed by atoms with Gasteiger partial charge in [0.05, 0.1) is 24.1 Å². The number of nitrogens with one attached hydrogen (secondary N) is 2. The number of alkyl halides is 3. The van der Waals surface area contributed by atoms with E-state index >= 15 is 0 Å². The van der Waals surface area contributed by atoms with E-state index in [9.17, 15) is 22.8 Å². The number of hydrogen-bond acceptors (Lipinski definition) is 4. The summed E-state index contributed by atoms with van der Waals surface area (Å²) in [5.74, 6) is -0.734. The van der Waals surface area contributed by atoms with Crippen LogP contribution in [-0.4, -0.2) is 16.8 Å². The number of amides is 2. The number of rotatable bonds is 6. The maximum Gasteiger partial charge on any atom is 0.416 e. The molecule has 0 bridgehead atoms. The van der Waals surface area contributed by atoms with Gasteiger partial charge in [0, 0.05) is 11.1 Å². The van der Waals surface area contributed by atoms with E-state index in [2.05, 4.69) is 15.6 Å². The largest absolute Gasteiger partial charge is 0.416 e. The number of thiazole rings is 1. The number of carbonyl (C=O) groups is 2. The molecular weight excluding hydrogens is 403 g/mol. The fourth-order valence-corrected chi connectivity index (χ4v) is 3.26. The molecule has 9 heteroatoms. The van der Waals surface area contributed by atoms with Crippen LogP contribution in [0.25, 0.3) is 0 Å². The second-order valence-electron chi connectivity index (χ2n) is 6.16. The fourth-order valence-electron chi connectivity index (χ4n) is 2.53. The van der Waals surface area contributed by atoms with Gasteiger partial charge in [0.1, 0.15) is 0 Å². The number of nitrogens with zero attached hydrogens (tertiary/aromatic N) is 1. The Balaban J connectivity index is 1.54. The van der Waals surface area contributed by atoms with E-state index < -0.39 is 17.6 Å². The summed E-state index contributed by atoms with van der Waals surface area (Å²) >= 11 is 1.17. The minimum Gasteiger partial charge on any atom is -0.326 e. The summed E-state index contributed by atoms with van der Waals surface area (Å²) in [6.45, 7) is 0. The van der Waals surface area contributed by atoms with E-state index in [0.29, 0.717) is 10.8 Å². The van der Waals surface area contributed by atoms with Gasteiger partial charge in [-0.15, -0.1) is 11.3 Å². The van der Waals surface area contributed by atoms with E-state index in [0.717, 1.165) is 17.7 Å². The first-order valence-electron chi connectivity index (χ1n) is 8.55. The van der Waals surface area contributed by atoms with Gasteiger partial charge in [0.15, 0.2) is 5.13 Å². The van der Waals surface area contributed by atoms with Crippen molar-refractivity contribution in [2.45, 2.75) is 19.0 Å². The quantitative estimate of drug-likeness (QED) is 0.617. The second-order valence-corrected chi connectivity index (χ2v) is 7.02. The Kier molecular flexibility index (Phi) is 6.28. The molecule has 5 nitrogen and oxygen atoms in total. The molecule has 0 unspecified atom stereocenters. The zero-order valence-corrected chi connectivity index (χ0v) is 15.8. The topological polar surface area (TPSA) is 71.1 Å². The van der Waals surface area contributed by atoms with Gasteiger partial charge in [-0.25, -0.2) is 4.98 Å². The van der Waals surface area contributed by atoms with E-state index in [4.69, 9.17) is 0 Å². The standard InChI is InChI=1S/C20H16F3N3O2S/c21-20(22,23)14-7-4-8-15(10-14)24-18(28)11-16-12-29-19(25-16)26-17(27)9-13-5-2-1-3-6-13/h1-8,10,12H,9,11H2,(H,24,28)(H,25,26,27). The zero-order valence-electron chi connectivity index (χ0n) is 15.0. The predicted octanol–water partition coefficient (Wildman–Crippen LogP) is 4.52. The average molecular weight is 419 g/mol. The van der Waals surface area contributed by atoms with E-state index in [-0.39, 0.29) is 24.4 Å². The molecular formula is C20H16F3N3O2S. The summed E-state index contributed by atoms with van der Waals surface area (Å²) in [6, 6.07) is 13.6. The molecule has 0 fully saturated rings. The average Bonchev–Trinajstić information content (AvgIpc) is 3.08. The molecule has 0 saturated heterocycles. The lowest BCUT2D eigenvalue weighted by Crippen LogP contribution is -2.16. The van der Waals surface area contributed by atoms with Gasteiger partial charge in [-0.05, 0) is 23.8 Å². The lowest BCUT2D eigenvalue weighted by molar-refractivity contribution is -0.137. The van der Waals surface area contributed by atoms with Crippen LogP contribution in [0.2, 0.25) is 0 Å². The van der Waals surface area contributed by atoms with E-state index in [1.54, 1.807) is 5.38 Å². The Morgan fingerprint density at radius 2 is 1.66 bits per heavy atom. The number of aromatic nitrogens is 1. The van der Waals surface area contributed by atoms with Crippen LogP contribution in [0, 0.1) is 0 Å². The molecule has 1 aromatic heterocycles. The van der Waals surface area contributed by atoms with E-state index in [1.165, 1.54) is 23.5 Å². The van der Waals surface area contributed by atoms with Crippen LogP contribution in [0.5, 0.6) is 0 Å². The summed E-state index contributed by atoms with van der Waals surface area (Å²) < 4.78 is 38.2. The smallest absolute Gasteiger partial charge is 0.326 e. The molecule has 0 aliphatic rings. The third-order valence-corrected chi connectivity index (χ3v) is 4.63. The molecule has 3 rings (SSSR count). The molecule has 2 N–H and O–H groups in total. The lowest BCUT2D eigenvalue weighted by atomic mass is 10.1. The summed E-state index contributed by atoms with van der Waals surface area (Å²) in [5.41, 5.74) is 0.487. The number of benzene rings is 2. The maximum atomic E-state index is 12.7. The van der Waals surface area contributed by atoms with Crippen molar-refractivity contribution in [2.24, 2.45) is 0 Å². The first-order chi connectivity index (χ1) is 13.8. The van der Waals surface area contributed by atoms with Gasteiger partial charge in [0.2, 0.25) is 11.8 Å². The summed E-state index contributed by atoms with van der Waals surface area (Å²) in [5, 5.41) is 7.06. The van der Waals surface area contributed by atoms with E-state index in [1.807, 2.05) is 30.3 Å². The van der Waals surface area contributed by atoms with Gasteiger partial charge in [-0.1, -0.05) is 36.4 Å². The third-order valence-electron chi connectivity index (χ3n) is 3.82. The fraction of sp³-hybridized carbons (Fsp3) is 0.150. The molecule has 150 valence electrons. The summed E-state index contributed by atoms with van der Waals surface area (Å²) in [6.07, 6.45) is -4.41. The molecule has 0 spiro atoms. The molecule has 3 aromatic rings. The normalized spacial score (nSPS) is 11.1. The van der Waals surface area contributed by atoms with Gasteiger partial charge >= 0.3 is 6.18 Å². The Bertz CT molecular complexity index is 1000. The van der Waals surface area contributed by atoms with Crippen LogP contribution in [0.4, 0.5) is 24.0 Å². The van der Waals surface area contributed by atoms with Crippen molar-refractivity contribution < 1.29 is 22.8 Å². The van der Waals surface area contributed by atoms with Crippen molar-refractivity contribution >= 4 is 34.0 Å². The molecule has 0 atom stereocenters. The van der Waals surface area contributed by atoms with Crippen molar-refractivity contribution in [2.75, 3.05) is 10.6 Å². The first kappa shape index (κ1) is 20.5. The number of hydrogen-bond donors (Lipinski definition) is 2. The Labute approximate surface area is 168 Å². The highest BCUT2D eigenvalue weighted by atomic mass is 32.1. The third kappa shape index (κ3) is 6.15. The predicted molar refractivity (Wildman–Crippen MR) is 105 cm³/mol. The zero-order chi connectivity index (χ0) is 20.9. The molecule has 0 saturated carbocycles. The molecule has 0 aliphatic heterocycles. The Morgan fingerprint density at radius 3 is 2.38 bits per heavy atom. The highest BCUT2D eigenvalue weighted by Gasteiger charge is 2.30. The van der Waals surface area contributed by atoms with Crippen molar-refractivity contribution in [1.82, 2.24) is 4.98 Å². The molecule has 2 aromatic carbocycles. The van der Waals surface area contributed by atoms with Crippen LogP contribution in [0.3, 0.4) is 0 Å². The SMILES string of the molecule is O=C(Cc1csc(NC(=O)Cc2ccccc2)n1)Nc1cccc(C(F)(F)F)c1. The number of carbonyl (C=O) groups excluding carboxylic acids is 2. The lowest BCUT2D eigenvalue weighted by Gasteiger charge is -2.09. The Morgan fingerprint density at radius 1 is 0.931 bits per heavy atom. The monoisotopic (exact) mass is 419 g/mol. The second kappa shape index (κ2) is 8.87. The minimum absolute atomic E-state index is 0.0523. The summed E-state index contributed by atoms with van der Waals surface area (Å²) in [4.78, 5) is 28.3. The van der Waals surface area contributed by atoms with Gasteiger partial charge < -0.3 is 10.6 Å². The minimum atomic E-state index is -4.48. The maximum absolute atomic E-state index is 12.7. The van der Waals surface area contributed by atoms with Crippen molar-refractivity contribution in [1.29, 1.82) is 0 Å². The first-order valence-corrected chi connectivity index (χ1v) is 9.43. The van der Waals surface area contributed by atoms with Crippen molar-refractivity contribution in [3.63, 3.8) is 0 Å². The molecule has 1 heterocycles. The molecule has 0 aliphatic carbocycles. The van der Waals surface area contributed by atoms with Gasteiger partial charge in [0.25, 0.3) is 0 Å². The molecule has 2 amide bonds. The van der Waals surface area contributed by atoms with Crippen LogP contribution in [0.1, 0.15) is 16.8 Å². The van der Waals surface area contributed by atoms with Crippen LogP contribution in [0.15, 0.2) is 60.0 Å². The van der Waals surface area contributed by atoms with Crippen LogP contribution < -0.4 is 10.6 Å². The highest BCUT2D eigenvalue weighted by Crippen LogP contribution is 2.30. The van der Waals surface area contributed by atoms with Gasteiger partial charge in [-0.3, -0.25) is 9.59 Å². The summed E-state index contributed by atoms with van der Waals surface area (Å²) in [7, 11) is 0. The Hall–Kier alpha value is -3.20. The van der Waals surface area contributed by atoms with Crippen LogP contribution in [-0.2, 0) is 28.6 Å².